The third-order valence-corrected chi connectivity index (χ3v) is 14.5. The first-order valence-electron chi connectivity index (χ1n) is 14.2. The summed E-state index contributed by atoms with van der Waals surface area (Å²) in [6.07, 6.45) is 9.75. The van der Waals surface area contributed by atoms with Gasteiger partial charge in [-0.15, -0.1) is 0 Å². The molecule has 1 saturated heterocycles. The Morgan fingerprint density at radius 1 is 0.886 bits per heavy atom. The van der Waals surface area contributed by atoms with Crippen LogP contribution in [0.1, 0.15) is 106 Å². The van der Waals surface area contributed by atoms with Gasteiger partial charge in [0.1, 0.15) is 0 Å². The fraction of sp³-hybridized carbons (Fsp3) is 0.933. The molecule has 0 aromatic carbocycles. The highest BCUT2D eigenvalue weighted by atomic mass is 16.6. The Hall–Kier alpha value is -0.940. The van der Waals surface area contributed by atoms with E-state index in [4.69, 9.17) is 4.74 Å². The molecule has 1 heterocycles. The molecule has 5 heteroatoms. The summed E-state index contributed by atoms with van der Waals surface area (Å²) in [5, 5.41) is 21.2. The Morgan fingerprint density at radius 3 is 2.20 bits per heavy atom. The molecular weight excluding hydrogens is 440 g/mol. The SMILES string of the molecule is C[C@@H]1C23CC[C@H]4[C@@](C)(CC[C@@]5(C)[C@@H]6C[C@](C)(C(=O)O)CC[C@]6(C)CC[C@]45C)[C@@H]2CC(=O)[C@]1(O)OC3. The van der Waals surface area contributed by atoms with Gasteiger partial charge in [0, 0.05) is 17.8 Å². The Morgan fingerprint density at radius 2 is 1.51 bits per heavy atom. The van der Waals surface area contributed by atoms with E-state index in [1.54, 1.807) is 0 Å². The molecule has 35 heavy (non-hydrogen) atoms. The van der Waals surface area contributed by atoms with Crippen LogP contribution in [0.2, 0.25) is 0 Å². The summed E-state index contributed by atoms with van der Waals surface area (Å²) in [6.45, 7) is 14.5. The van der Waals surface area contributed by atoms with E-state index in [-0.39, 0.29) is 44.7 Å². The smallest absolute Gasteiger partial charge is 0.309 e. The average molecular weight is 487 g/mol. The van der Waals surface area contributed by atoms with Crippen molar-refractivity contribution in [2.24, 2.45) is 56.2 Å². The minimum atomic E-state index is -1.58. The predicted octanol–water partition coefficient (Wildman–Crippen LogP) is 5.83. The van der Waals surface area contributed by atoms with Crippen LogP contribution in [0.4, 0.5) is 0 Å². The zero-order valence-electron chi connectivity index (χ0n) is 22.7. The lowest BCUT2D eigenvalue weighted by Gasteiger charge is -2.74. The number of carboxylic acids is 1. The molecule has 5 nitrogen and oxygen atoms in total. The standard InChI is InChI=1S/C30H46O5/c1-18-29-8-7-19-26(4,20(29)15-22(31)30(18,34)35-17-29)12-14-28(6)21-16-25(3,23(32)33)10-9-24(21,2)11-13-27(19,28)5/h18-21,34H,7-17H2,1-6H3,(H,32,33)/t18-,19+,20+,21-,24-,25-,26-,27-,28+,29?,30-/m1/s1. The van der Waals surface area contributed by atoms with E-state index in [1.807, 2.05) is 6.92 Å². The first-order valence-corrected chi connectivity index (χ1v) is 14.2. The third kappa shape index (κ3) is 2.59. The average Bonchev–Trinajstić information content (AvgIpc) is 2.97. The summed E-state index contributed by atoms with van der Waals surface area (Å²) in [5.74, 6) is -1.28. The first-order chi connectivity index (χ1) is 16.1. The third-order valence-electron chi connectivity index (χ3n) is 14.5. The summed E-state index contributed by atoms with van der Waals surface area (Å²) in [4.78, 5) is 25.5. The molecule has 0 radical (unpaired) electrons. The number of carbonyl (C=O) groups excluding carboxylic acids is 1. The monoisotopic (exact) mass is 486 g/mol. The Kier molecular flexibility index (Phi) is 4.69. The van der Waals surface area contributed by atoms with Crippen LogP contribution in [0.5, 0.6) is 0 Å². The first kappa shape index (κ1) is 24.4. The molecule has 1 aliphatic heterocycles. The van der Waals surface area contributed by atoms with Gasteiger partial charge in [-0.1, -0.05) is 34.6 Å². The second-order valence-corrected chi connectivity index (χ2v) is 15.3. The summed E-state index contributed by atoms with van der Waals surface area (Å²) in [7, 11) is 0. The van der Waals surface area contributed by atoms with Crippen LogP contribution in [0.3, 0.4) is 0 Å². The maximum Gasteiger partial charge on any atom is 0.309 e. The van der Waals surface area contributed by atoms with Crippen LogP contribution in [0.15, 0.2) is 0 Å². The van der Waals surface area contributed by atoms with Crippen molar-refractivity contribution in [1.29, 1.82) is 0 Å². The highest BCUT2D eigenvalue weighted by Gasteiger charge is 2.75. The molecule has 1 unspecified atom stereocenters. The van der Waals surface area contributed by atoms with E-state index in [9.17, 15) is 19.8 Å². The summed E-state index contributed by atoms with van der Waals surface area (Å²) in [6, 6.07) is 0. The van der Waals surface area contributed by atoms with Crippen molar-refractivity contribution >= 4 is 11.8 Å². The van der Waals surface area contributed by atoms with Crippen molar-refractivity contribution in [3.63, 3.8) is 0 Å². The largest absolute Gasteiger partial charge is 0.481 e. The second-order valence-electron chi connectivity index (χ2n) is 15.3. The van der Waals surface area contributed by atoms with Crippen molar-refractivity contribution < 1.29 is 24.5 Å². The van der Waals surface area contributed by atoms with Gasteiger partial charge in [-0.05, 0) is 104 Å². The zero-order chi connectivity index (χ0) is 25.4. The normalized spacial score (nSPS) is 61.3. The van der Waals surface area contributed by atoms with Gasteiger partial charge in [0.25, 0.3) is 0 Å². The van der Waals surface area contributed by atoms with E-state index in [2.05, 4.69) is 34.6 Å². The highest BCUT2D eigenvalue weighted by molar-refractivity contribution is 5.88. The quantitative estimate of drug-likeness (QED) is 0.487. The van der Waals surface area contributed by atoms with Crippen molar-refractivity contribution in [2.45, 2.75) is 112 Å². The lowest BCUT2D eigenvalue weighted by atomic mass is 9.30. The number of carbonyl (C=O) groups is 2. The molecule has 11 atom stereocenters. The molecule has 2 bridgehead atoms. The Labute approximate surface area is 210 Å². The van der Waals surface area contributed by atoms with Gasteiger partial charge in [-0.25, -0.2) is 0 Å². The van der Waals surface area contributed by atoms with Gasteiger partial charge >= 0.3 is 5.97 Å². The van der Waals surface area contributed by atoms with Crippen molar-refractivity contribution in [1.82, 2.24) is 0 Å². The number of Topliss-reactive ketones (excluding diaryl/α,β-unsaturated/α-hetero) is 1. The molecule has 6 aliphatic rings. The molecule has 5 aliphatic carbocycles. The zero-order valence-corrected chi connectivity index (χ0v) is 22.7. The number of aliphatic hydroxyl groups is 1. The summed E-state index contributed by atoms with van der Waals surface area (Å²) in [5.41, 5.74) is -0.236. The number of aliphatic carboxylic acids is 1. The maximum atomic E-state index is 13.2. The fourth-order valence-corrected chi connectivity index (χ4v) is 11.7. The number of fused-ring (bicyclic) bond motifs is 7. The van der Waals surface area contributed by atoms with Crippen LogP contribution >= 0.6 is 0 Å². The van der Waals surface area contributed by atoms with Crippen LogP contribution in [0.25, 0.3) is 0 Å². The van der Waals surface area contributed by atoms with E-state index in [1.165, 1.54) is 12.8 Å². The second kappa shape index (κ2) is 6.73. The van der Waals surface area contributed by atoms with Crippen LogP contribution in [-0.4, -0.2) is 34.4 Å². The molecule has 6 fully saturated rings. The van der Waals surface area contributed by atoms with Crippen molar-refractivity contribution in [3.05, 3.63) is 0 Å². The predicted molar refractivity (Wildman–Crippen MR) is 132 cm³/mol. The van der Waals surface area contributed by atoms with Gasteiger partial charge < -0.3 is 14.9 Å². The summed E-state index contributed by atoms with van der Waals surface area (Å²) < 4.78 is 5.91. The highest BCUT2D eigenvalue weighted by Crippen LogP contribution is 2.79. The minimum absolute atomic E-state index is 0.0456. The van der Waals surface area contributed by atoms with E-state index < -0.39 is 17.2 Å². The molecule has 0 aromatic rings. The van der Waals surface area contributed by atoms with Crippen LogP contribution < -0.4 is 0 Å². The van der Waals surface area contributed by atoms with E-state index in [0.29, 0.717) is 24.9 Å². The lowest BCUT2D eigenvalue weighted by Crippen LogP contribution is -2.69. The molecule has 196 valence electrons. The number of rotatable bonds is 1. The molecular formula is C30H46O5. The Bertz CT molecular complexity index is 993. The van der Waals surface area contributed by atoms with Gasteiger partial charge in [0.2, 0.25) is 5.79 Å². The van der Waals surface area contributed by atoms with Gasteiger partial charge in [0.15, 0.2) is 5.78 Å². The van der Waals surface area contributed by atoms with Crippen molar-refractivity contribution in [3.8, 4) is 0 Å². The van der Waals surface area contributed by atoms with Gasteiger partial charge in [0.05, 0.1) is 12.0 Å². The fourth-order valence-electron chi connectivity index (χ4n) is 11.7. The Balaban J connectivity index is 1.41. The number of carboxylic acid groups (broad SMARTS) is 1. The minimum Gasteiger partial charge on any atom is -0.481 e. The van der Waals surface area contributed by atoms with Crippen LogP contribution in [-0.2, 0) is 14.3 Å². The summed E-state index contributed by atoms with van der Waals surface area (Å²) >= 11 is 0. The van der Waals surface area contributed by atoms with E-state index in [0.717, 1.165) is 44.9 Å². The van der Waals surface area contributed by atoms with Crippen LogP contribution in [0, 0.1) is 56.2 Å². The maximum absolute atomic E-state index is 13.2. The number of hydrogen-bond acceptors (Lipinski definition) is 4. The molecule has 1 spiro atoms. The topological polar surface area (TPSA) is 83.8 Å². The van der Waals surface area contributed by atoms with Crippen molar-refractivity contribution in [2.75, 3.05) is 6.61 Å². The lowest BCUT2D eigenvalue weighted by molar-refractivity contribution is -0.261. The number of ether oxygens (including phenoxy) is 1. The molecule has 2 N–H and O–H groups in total. The van der Waals surface area contributed by atoms with Gasteiger partial charge in [-0.2, -0.15) is 0 Å². The molecule has 0 amide bonds. The number of ketones is 1. The van der Waals surface area contributed by atoms with Gasteiger partial charge in [-0.3, -0.25) is 9.59 Å². The van der Waals surface area contributed by atoms with E-state index >= 15 is 0 Å². The molecule has 0 aromatic heterocycles. The number of hydrogen-bond donors (Lipinski definition) is 2. The molecule has 5 saturated carbocycles. The molecule has 6 rings (SSSR count).